The van der Waals surface area contributed by atoms with E-state index in [1.807, 2.05) is 0 Å². The lowest BCUT2D eigenvalue weighted by Crippen LogP contribution is -2.63. The van der Waals surface area contributed by atoms with Gasteiger partial charge in [-0.3, -0.25) is 19.2 Å². The lowest BCUT2D eigenvalue weighted by molar-refractivity contribution is -0.288. The van der Waals surface area contributed by atoms with Crippen molar-refractivity contribution < 1.29 is 57.4 Å². The molecule has 12 nitrogen and oxygen atoms in total. The first-order chi connectivity index (χ1) is 15.5. The summed E-state index contributed by atoms with van der Waals surface area (Å²) in [5, 5.41) is 9.80. The van der Waals surface area contributed by atoms with Gasteiger partial charge in [0.05, 0.1) is 7.11 Å². The van der Waals surface area contributed by atoms with E-state index in [0.717, 1.165) is 20.8 Å². The first-order valence-electron chi connectivity index (χ1n) is 9.86. The number of aromatic hydroxyl groups is 1. The van der Waals surface area contributed by atoms with Crippen molar-refractivity contribution in [2.45, 2.75) is 58.4 Å². The van der Waals surface area contributed by atoms with Crippen molar-refractivity contribution in [3.8, 4) is 17.2 Å². The summed E-state index contributed by atoms with van der Waals surface area (Å²) in [6.45, 7) is 4.16. The zero-order valence-corrected chi connectivity index (χ0v) is 18.8. The topological polar surface area (TPSA) is 153 Å². The van der Waals surface area contributed by atoms with Gasteiger partial charge in [0.15, 0.2) is 23.7 Å². The van der Waals surface area contributed by atoms with Gasteiger partial charge >= 0.3 is 23.9 Å². The number of carbonyl (C=O) groups excluding carboxylic acids is 4. The van der Waals surface area contributed by atoms with Crippen molar-refractivity contribution in [2.24, 2.45) is 0 Å². The smallest absolute Gasteiger partial charge is 0.303 e. The van der Waals surface area contributed by atoms with Crippen LogP contribution in [-0.4, -0.2) is 73.4 Å². The van der Waals surface area contributed by atoms with Gasteiger partial charge in [-0.25, -0.2) is 0 Å². The van der Waals surface area contributed by atoms with Crippen LogP contribution in [0.1, 0.15) is 27.7 Å². The van der Waals surface area contributed by atoms with Gasteiger partial charge in [0.25, 0.3) is 0 Å². The summed E-state index contributed by atoms with van der Waals surface area (Å²) < 4.78 is 37.6. The minimum atomic E-state index is -1.39. The molecule has 1 aliphatic heterocycles. The highest BCUT2D eigenvalue weighted by atomic mass is 16.7. The number of methoxy groups -OCH3 is 1. The molecule has 0 radical (unpaired) electrons. The van der Waals surface area contributed by atoms with Crippen molar-refractivity contribution in [1.29, 1.82) is 0 Å². The molecule has 1 fully saturated rings. The lowest BCUT2D eigenvalue weighted by atomic mass is 9.98. The average molecular weight is 470 g/mol. The molecule has 182 valence electrons. The Hall–Kier alpha value is -3.54. The molecule has 5 atom stereocenters. The number of phenols is 1. The fourth-order valence-corrected chi connectivity index (χ4v) is 3.15. The Morgan fingerprint density at radius 2 is 1.45 bits per heavy atom. The quantitative estimate of drug-likeness (QED) is 0.423. The highest BCUT2D eigenvalue weighted by molar-refractivity contribution is 5.68. The van der Waals surface area contributed by atoms with Crippen molar-refractivity contribution in [3.05, 3.63) is 18.2 Å². The standard InChI is InChI=1S/C21H26O12/c1-10(22)28-9-17-18(29-11(2)23)19(30-12(3)24)20(31-13(4)25)21(33-17)32-14-6-7-15(26)16(8-14)27-5/h6-8,17-21,26H,9H2,1-5H3/t17-,18+,19+,20-,21-/m0/s1. The fourth-order valence-electron chi connectivity index (χ4n) is 3.15. The Labute approximate surface area is 189 Å². The van der Waals surface area contributed by atoms with Gasteiger partial charge in [0, 0.05) is 33.8 Å². The molecule has 0 spiro atoms. The van der Waals surface area contributed by atoms with Gasteiger partial charge in [-0.1, -0.05) is 0 Å². The Morgan fingerprint density at radius 3 is 2.00 bits per heavy atom. The number of carbonyl (C=O) groups is 4. The Kier molecular flexibility index (Phi) is 8.85. The molecule has 0 saturated carbocycles. The van der Waals surface area contributed by atoms with E-state index in [4.69, 9.17) is 33.2 Å². The van der Waals surface area contributed by atoms with Crippen molar-refractivity contribution in [2.75, 3.05) is 13.7 Å². The van der Waals surface area contributed by atoms with Crippen LogP contribution >= 0.6 is 0 Å². The van der Waals surface area contributed by atoms with Crippen LogP contribution in [0.15, 0.2) is 18.2 Å². The minimum absolute atomic E-state index is 0.0955. The van der Waals surface area contributed by atoms with E-state index in [0.29, 0.717) is 0 Å². The van der Waals surface area contributed by atoms with E-state index < -0.39 is 54.6 Å². The zero-order valence-electron chi connectivity index (χ0n) is 18.8. The summed E-state index contributed by atoms with van der Waals surface area (Å²) in [5.74, 6) is -2.79. The Morgan fingerprint density at radius 1 is 0.879 bits per heavy atom. The molecule has 2 rings (SSSR count). The van der Waals surface area contributed by atoms with E-state index in [1.165, 1.54) is 32.2 Å². The largest absolute Gasteiger partial charge is 0.504 e. The maximum atomic E-state index is 11.8. The first kappa shape index (κ1) is 25.7. The second kappa shape index (κ2) is 11.4. The Bertz CT molecular complexity index is 882. The van der Waals surface area contributed by atoms with E-state index in [9.17, 15) is 24.3 Å². The third-order valence-corrected chi connectivity index (χ3v) is 4.35. The highest BCUT2D eigenvalue weighted by Gasteiger charge is 2.53. The number of ether oxygens (including phenoxy) is 7. The summed E-state index contributed by atoms with van der Waals surface area (Å²) in [7, 11) is 1.34. The van der Waals surface area contributed by atoms with Gasteiger partial charge in [0.2, 0.25) is 12.4 Å². The van der Waals surface area contributed by atoms with Gasteiger partial charge in [0.1, 0.15) is 18.5 Å². The van der Waals surface area contributed by atoms with E-state index in [2.05, 4.69) is 0 Å². The summed E-state index contributed by atoms with van der Waals surface area (Å²) >= 11 is 0. The molecule has 1 aromatic rings. The maximum absolute atomic E-state index is 11.8. The second-order valence-corrected chi connectivity index (χ2v) is 7.02. The van der Waals surface area contributed by atoms with Crippen LogP contribution < -0.4 is 9.47 Å². The number of esters is 4. The fraction of sp³-hybridized carbons (Fsp3) is 0.524. The van der Waals surface area contributed by atoms with Crippen LogP contribution in [0.25, 0.3) is 0 Å². The third-order valence-electron chi connectivity index (χ3n) is 4.35. The van der Waals surface area contributed by atoms with Crippen LogP contribution in [0.5, 0.6) is 17.2 Å². The van der Waals surface area contributed by atoms with Gasteiger partial charge in [-0.2, -0.15) is 0 Å². The van der Waals surface area contributed by atoms with Crippen LogP contribution in [0, 0.1) is 0 Å². The highest BCUT2D eigenvalue weighted by Crippen LogP contribution is 2.34. The number of benzene rings is 1. The van der Waals surface area contributed by atoms with Crippen LogP contribution in [0.2, 0.25) is 0 Å². The molecule has 33 heavy (non-hydrogen) atoms. The minimum Gasteiger partial charge on any atom is -0.504 e. The molecular weight excluding hydrogens is 444 g/mol. The molecular formula is C21H26O12. The molecule has 1 N–H and O–H groups in total. The predicted octanol–water partition coefficient (Wildman–Crippen LogP) is 0.863. The van der Waals surface area contributed by atoms with Crippen LogP contribution in [0.3, 0.4) is 0 Å². The summed E-state index contributed by atoms with van der Waals surface area (Å²) in [6, 6.07) is 4.05. The molecule has 0 aromatic heterocycles. The molecule has 0 unspecified atom stereocenters. The zero-order chi connectivity index (χ0) is 24.7. The van der Waals surface area contributed by atoms with Gasteiger partial charge in [-0.15, -0.1) is 0 Å². The van der Waals surface area contributed by atoms with E-state index >= 15 is 0 Å². The molecule has 0 bridgehead atoms. The number of phenolic OH excluding ortho intramolecular Hbond substituents is 1. The molecule has 1 aliphatic rings. The van der Waals surface area contributed by atoms with Crippen molar-refractivity contribution >= 4 is 23.9 Å². The molecule has 1 saturated heterocycles. The molecule has 0 amide bonds. The van der Waals surface area contributed by atoms with Crippen molar-refractivity contribution in [3.63, 3.8) is 0 Å². The summed E-state index contributed by atoms with van der Waals surface area (Å²) in [4.78, 5) is 46.7. The number of hydrogen-bond donors (Lipinski definition) is 1. The SMILES string of the molecule is COc1cc(O[C@H]2O[C@@H](COC(C)=O)[C@@H](OC(C)=O)[C@@H](OC(C)=O)[C@@H]2OC(C)=O)ccc1O. The van der Waals surface area contributed by atoms with E-state index in [1.54, 1.807) is 0 Å². The average Bonchev–Trinajstić information content (AvgIpc) is 2.71. The third kappa shape index (κ3) is 7.24. The maximum Gasteiger partial charge on any atom is 0.303 e. The van der Waals surface area contributed by atoms with Gasteiger partial charge in [-0.05, 0) is 12.1 Å². The summed E-state index contributed by atoms with van der Waals surface area (Å²) in [6.07, 6.45) is -6.54. The molecule has 1 heterocycles. The monoisotopic (exact) mass is 470 g/mol. The second-order valence-electron chi connectivity index (χ2n) is 7.02. The van der Waals surface area contributed by atoms with Crippen LogP contribution in [0.4, 0.5) is 0 Å². The van der Waals surface area contributed by atoms with Crippen LogP contribution in [-0.2, 0) is 42.9 Å². The normalized spacial score (nSPS) is 24.2. The first-order valence-corrected chi connectivity index (χ1v) is 9.86. The van der Waals surface area contributed by atoms with Crippen molar-refractivity contribution in [1.82, 2.24) is 0 Å². The number of rotatable bonds is 8. The Balaban J connectivity index is 2.47. The molecule has 0 aliphatic carbocycles. The lowest BCUT2D eigenvalue weighted by Gasteiger charge is -2.43. The van der Waals surface area contributed by atoms with Gasteiger partial charge < -0.3 is 38.3 Å². The predicted molar refractivity (Wildman–Crippen MR) is 107 cm³/mol. The molecule has 12 heteroatoms. The molecule has 1 aromatic carbocycles. The van der Waals surface area contributed by atoms with E-state index in [-0.39, 0.29) is 23.9 Å². The summed E-state index contributed by atoms with van der Waals surface area (Å²) in [5.41, 5.74) is 0. The number of hydrogen-bond acceptors (Lipinski definition) is 12.